The van der Waals surface area contributed by atoms with Gasteiger partial charge >= 0.3 is 12.1 Å². The van der Waals surface area contributed by atoms with E-state index >= 15 is 0 Å². The van der Waals surface area contributed by atoms with Crippen LogP contribution in [0.2, 0.25) is 0 Å². The van der Waals surface area contributed by atoms with Crippen molar-refractivity contribution in [2.45, 2.75) is 46.1 Å². The Kier molecular flexibility index (Phi) is 7.07. The molecule has 5 nitrogen and oxygen atoms in total. The van der Waals surface area contributed by atoms with Gasteiger partial charge in [-0.15, -0.1) is 0 Å². The molecule has 0 atom stereocenters. The topological polar surface area (TPSA) is 55.8 Å². The van der Waals surface area contributed by atoms with Crippen molar-refractivity contribution in [3.63, 3.8) is 0 Å². The molecule has 0 bridgehead atoms. The number of nitrogens with zero attached hydrogens (tertiary/aromatic N) is 1. The third-order valence-corrected chi connectivity index (χ3v) is 3.04. The van der Waals surface area contributed by atoms with Gasteiger partial charge in [0, 0.05) is 13.6 Å². The maximum Gasteiger partial charge on any atom is 0.410 e. The Morgan fingerprint density at radius 1 is 1.22 bits per heavy atom. The SMILES string of the molecule is CCCOC(=O)c1cccc(CCN(C)C(=O)OC(C)(C)C)c1. The molecule has 0 unspecified atom stereocenters. The molecular weight excluding hydrogens is 294 g/mol. The zero-order chi connectivity index (χ0) is 17.5. The normalized spacial score (nSPS) is 11.0. The van der Waals surface area contributed by atoms with Crippen molar-refractivity contribution in [3.05, 3.63) is 35.4 Å². The molecule has 1 aromatic carbocycles. The quantitative estimate of drug-likeness (QED) is 0.750. The summed E-state index contributed by atoms with van der Waals surface area (Å²) >= 11 is 0. The zero-order valence-corrected chi connectivity index (χ0v) is 14.7. The van der Waals surface area contributed by atoms with Gasteiger partial charge in [-0.1, -0.05) is 19.1 Å². The van der Waals surface area contributed by atoms with E-state index in [1.807, 2.05) is 39.8 Å². The Bertz CT molecular complexity index is 534. The summed E-state index contributed by atoms with van der Waals surface area (Å²) in [6.07, 6.45) is 1.09. The minimum absolute atomic E-state index is 0.311. The van der Waals surface area contributed by atoms with E-state index in [0.29, 0.717) is 25.1 Å². The first-order valence-electron chi connectivity index (χ1n) is 7.93. The highest BCUT2D eigenvalue weighted by Gasteiger charge is 2.19. The second kappa shape index (κ2) is 8.56. The van der Waals surface area contributed by atoms with E-state index in [2.05, 4.69) is 0 Å². The molecule has 5 heteroatoms. The van der Waals surface area contributed by atoms with E-state index < -0.39 is 5.60 Å². The highest BCUT2D eigenvalue weighted by Crippen LogP contribution is 2.11. The predicted octanol–water partition coefficient (Wildman–Crippen LogP) is 3.66. The summed E-state index contributed by atoms with van der Waals surface area (Å²) in [7, 11) is 1.70. The molecule has 1 rings (SSSR count). The number of carbonyl (C=O) groups is 2. The summed E-state index contributed by atoms with van der Waals surface area (Å²) in [4.78, 5) is 25.3. The molecule has 0 radical (unpaired) electrons. The van der Waals surface area contributed by atoms with Crippen LogP contribution in [-0.2, 0) is 15.9 Å². The van der Waals surface area contributed by atoms with Crippen molar-refractivity contribution in [3.8, 4) is 0 Å². The number of amides is 1. The van der Waals surface area contributed by atoms with Crippen LogP contribution in [-0.4, -0.2) is 42.8 Å². The van der Waals surface area contributed by atoms with Gasteiger partial charge in [-0.2, -0.15) is 0 Å². The van der Waals surface area contributed by atoms with Crippen LogP contribution in [0.25, 0.3) is 0 Å². The van der Waals surface area contributed by atoms with Gasteiger partial charge in [-0.3, -0.25) is 0 Å². The molecule has 0 saturated heterocycles. The second-order valence-electron chi connectivity index (χ2n) is 6.49. The van der Waals surface area contributed by atoms with Crippen LogP contribution in [0.4, 0.5) is 4.79 Å². The van der Waals surface area contributed by atoms with Gasteiger partial charge < -0.3 is 14.4 Å². The van der Waals surface area contributed by atoms with E-state index in [-0.39, 0.29) is 12.1 Å². The van der Waals surface area contributed by atoms with Gasteiger partial charge in [0.25, 0.3) is 0 Å². The summed E-state index contributed by atoms with van der Waals surface area (Å²) in [5.74, 6) is -0.311. The maximum atomic E-state index is 11.9. The lowest BCUT2D eigenvalue weighted by molar-refractivity contribution is 0.0300. The predicted molar refractivity (Wildman–Crippen MR) is 89.6 cm³/mol. The van der Waals surface area contributed by atoms with Crippen molar-refractivity contribution in [1.29, 1.82) is 0 Å². The molecule has 0 heterocycles. The molecule has 1 amide bonds. The summed E-state index contributed by atoms with van der Waals surface area (Å²) in [5, 5.41) is 0. The monoisotopic (exact) mass is 321 g/mol. The number of ether oxygens (including phenoxy) is 2. The molecule has 0 saturated carbocycles. The first-order valence-corrected chi connectivity index (χ1v) is 7.93. The van der Waals surface area contributed by atoms with Crippen LogP contribution >= 0.6 is 0 Å². The van der Waals surface area contributed by atoms with Crippen LogP contribution in [0.15, 0.2) is 24.3 Å². The lowest BCUT2D eigenvalue weighted by Crippen LogP contribution is -2.35. The average Bonchev–Trinajstić information content (AvgIpc) is 2.48. The standard InChI is InChI=1S/C18H27NO4/c1-6-12-22-16(20)15-9-7-8-14(13-15)10-11-19(5)17(21)23-18(2,3)4/h7-9,13H,6,10-12H2,1-5H3. The van der Waals surface area contributed by atoms with Crippen molar-refractivity contribution in [2.24, 2.45) is 0 Å². The zero-order valence-electron chi connectivity index (χ0n) is 14.7. The van der Waals surface area contributed by atoms with E-state index in [1.165, 1.54) is 4.90 Å². The Labute approximate surface area is 138 Å². The largest absolute Gasteiger partial charge is 0.462 e. The number of likely N-dealkylation sites (N-methyl/N-ethyl adjacent to an activating group) is 1. The molecule has 1 aromatic rings. The second-order valence-corrected chi connectivity index (χ2v) is 6.49. The highest BCUT2D eigenvalue weighted by atomic mass is 16.6. The number of benzene rings is 1. The fourth-order valence-corrected chi connectivity index (χ4v) is 1.86. The third kappa shape index (κ3) is 7.17. The van der Waals surface area contributed by atoms with Crippen molar-refractivity contribution in [2.75, 3.05) is 20.2 Å². The number of rotatable bonds is 6. The highest BCUT2D eigenvalue weighted by molar-refractivity contribution is 5.89. The molecule has 128 valence electrons. The minimum Gasteiger partial charge on any atom is -0.462 e. The van der Waals surface area contributed by atoms with Crippen molar-refractivity contribution < 1.29 is 19.1 Å². The number of hydrogen-bond donors (Lipinski definition) is 0. The van der Waals surface area contributed by atoms with Crippen LogP contribution < -0.4 is 0 Å². The molecule has 0 N–H and O–H groups in total. The lowest BCUT2D eigenvalue weighted by Gasteiger charge is -2.24. The Morgan fingerprint density at radius 3 is 2.52 bits per heavy atom. The summed E-state index contributed by atoms with van der Waals surface area (Å²) in [5.41, 5.74) is 1.01. The van der Waals surface area contributed by atoms with Gasteiger partial charge in [0.2, 0.25) is 0 Å². The van der Waals surface area contributed by atoms with E-state index in [1.54, 1.807) is 19.2 Å². The maximum absolute atomic E-state index is 11.9. The molecule has 0 fully saturated rings. The van der Waals surface area contributed by atoms with E-state index in [9.17, 15) is 9.59 Å². The fourth-order valence-electron chi connectivity index (χ4n) is 1.86. The number of hydrogen-bond acceptors (Lipinski definition) is 4. The summed E-state index contributed by atoms with van der Waals surface area (Å²) in [6, 6.07) is 7.30. The van der Waals surface area contributed by atoms with Crippen molar-refractivity contribution >= 4 is 12.1 Å². The summed E-state index contributed by atoms with van der Waals surface area (Å²) < 4.78 is 10.4. The van der Waals surface area contributed by atoms with Gasteiger partial charge in [-0.05, 0) is 51.3 Å². The van der Waals surface area contributed by atoms with Gasteiger partial charge in [0.1, 0.15) is 5.60 Å². The molecule has 0 spiro atoms. The molecular formula is C18H27NO4. The van der Waals surface area contributed by atoms with Crippen LogP contribution in [0.1, 0.15) is 50.0 Å². The average molecular weight is 321 g/mol. The number of esters is 1. The minimum atomic E-state index is -0.506. The Balaban J connectivity index is 2.58. The smallest absolute Gasteiger partial charge is 0.410 e. The van der Waals surface area contributed by atoms with Crippen molar-refractivity contribution in [1.82, 2.24) is 4.90 Å². The van der Waals surface area contributed by atoms with Crippen LogP contribution in [0.5, 0.6) is 0 Å². The number of carbonyl (C=O) groups excluding carboxylic acids is 2. The van der Waals surface area contributed by atoms with E-state index in [4.69, 9.17) is 9.47 Å². The molecule has 0 aliphatic carbocycles. The lowest BCUT2D eigenvalue weighted by atomic mass is 10.1. The van der Waals surface area contributed by atoms with Crippen LogP contribution in [0, 0.1) is 0 Å². The molecule has 0 aromatic heterocycles. The summed E-state index contributed by atoms with van der Waals surface area (Å²) in [6.45, 7) is 8.40. The fraction of sp³-hybridized carbons (Fsp3) is 0.556. The molecule has 0 aliphatic rings. The van der Waals surface area contributed by atoms with E-state index in [0.717, 1.165) is 12.0 Å². The van der Waals surface area contributed by atoms with Gasteiger partial charge in [-0.25, -0.2) is 9.59 Å². The van der Waals surface area contributed by atoms with Gasteiger partial charge in [0.15, 0.2) is 0 Å². The van der Waals surface area contributed by atoms with Crippen LogP contribution in [0.3, 0.4) is 0 Å². The third-order valence-electron chi connectivity index (χ3n) is 3.04. The first kappa shape index (κ1) is 19.0. The Hall–Kier alpha value is -2.04. The molecule has 23 heavy (non-hydrogen) atoms. The molecule has 0 aliphatic heterocycles. The first-order chi connectivity index (χ1) is 10.7. The van der Waals surface area contributed by atoms with Gasteiger partial charge in [0.05, 0.1) is 12.2 Å². The Morgan fingerprint density at radius 2 is 1.91 bits per heavy atom.